The van der Waals surface area contributed by atoms with E-state index in [0.29, 0.717) is 5.11 Å². The van der Waals surface area contributed by atoms with Gasteiger partial charge in [0.15, 0.2) is 5.11 Å². The van der Waals surface area contributed by atoms with Crippen molar-refractivity contribution in [3.63, 3.8) is 0 Å². The Morgan fingerprint density at radius 3 is 2.05 bits per heavy atom. The average Bonchev–Trinajstić information content (AvgIpc) is 2.36. The highest BCUT2D eigenvalue weighted by atomic mass is 32.1. The van der Waals surface area contributed by atoms with E-state index >= 15 is 0 Å². The fourth-order valence-electron chi connectivity index (χ4n) is 5.05. The second-order valence-electron chi connectivity index (χ2n) is 8.34. The Balaban J connectivity index is 1.64. The lowest BCUT2D eigenvalue weighted by Crippen LogP contribution is -2.57. The van der Waals surface area contributed by atoms with Crippen LogP contribution < -0.4 is 10.6 Å². The average molecular weight is 308 g/mol. The first-order valence-corrected chi connectivity index (χ1v) is 8.86. The maximum absolute atomic E-state index is 12.8. The predicted molar refractivity (Wildman–Crippen MR) is 88.9 cm³/mol. The van der Waals surface area contributed by atoms with Gasteiger partial charge in [0.05, 0.1) is 5.41 Å². The minimum absolute atomic E-state index is 0.0637. The summed E-state index contributed by atoms with van der Waals surface area (Å²) >= 11 is 5.36. The van der Waals surface area contributed by atoms with E-state index in [0.717, 1.165) is 43.4 Å². The van der Waals surface area contributed by atoms with E-state index in [9.17, 15) is 4.79 Å². The normalized spacial score (nSPS) is 37.4. The molecular weight excluding hydrogens is 280 g/mol. The Morgan fingerprint density at radius 1 is 1.14 bits per heavy atom. The van der Waals surface area contributed by atoms with Crippen molar-refractivity contribution in [2.75, 3.05) is 0 Å². The Morgan fingerprint density at radius 2 is 1.62 bits per heavy atom. The minimum atomic E-state index is -0.114. The van der Waals surface area contributed by atoms with Gasteiger partial charge in [-0.1, -0.05) is 6.92 Å². The molecule has 0 spiro atoms. The quantitative estimate of drug-likeness (QED) is 0.785. The molecule has 0 aliphatic heterocycles. The van der Waals surface area contributed by atoms with Gasteiger partial charge in [0, 0.05) is 5.54 Å². The van der Waals surface area contributed by atoms with E-state index in [1.165, 1.54) is 19.3 Å². The molecule has 0 saturated heterocycles. The highest BCUT2D eigenvalue weighted by molar-refractivity contribution is 7.80. The van der Waals surface area contributed by atoms with Crippen LogP contribution in [0, 0.1) is 23.2 Å². The van der Waals surface area contributed by atoms with Crippen LogP contribution in [-0.2, 0) is 4.79 Å². The highest BCUT2D eigenvalue weighted by Crippen LogP contribution is 2.60. The van der Waals surface area contributed by atoms with Crippen LogP contribution in [0.25, 0.3) is 0 Å². The second kappa shape index (κ2) is 5.22. The van der Waals surface area contributed by atoms with Crippen LogP contribution >= 0.6 is 12.2 Å². The van der Waals surface area contributed by atoms with Crippen LogP contribution in [0.1, 0.15) is 65.7 Å². The molecule has 0 unspecified atom stereocenters. The Kier molecular flexibility index (Phi) is 3.79. The Bertz CT molecular complexity index is 422. The van der Waals surface area contributed by atoms with Crippen molar-refractivity contribution >= 4 is 23.2 Å². The number of carbonyl (C=O) groups is 1. The molecule has 4 rings (SSSR count). The zero-order valence-electron chi connectivity index (χ0n) is 13.5. The zero-order chi connectivity index (χ0) is 15.3. The Labute approximate surface area is 133 Å². The molecule has 4 bridgehead atoms. The SMILES string of the molecule is CCC(C)(C)NC(=S)NC(=O)C12CC3CC(CC(C3)C1)C2. The first-order chi connectivity index (χ1) is 9.82. The lowest BCUT2D eigenvalue weighted by molar-refractivity contribution is -0.144. The zero-order valence-corrected chi connectivity index (χ0v) is 14.3. The van der Waals surface area contributed by atoms with E-state index in [2.05, 4.69) is 31.4 Å². The molecule has 4 fully saturated rings. The van der Waals surface area contributed by atoms with E-state index in [1.807, 2.05) is 0 Å². The van der Waals surface area contributed by atoms with Gasteiger partial charge in [-0.3, -0.25) is 4.79 Å². The van der Waals surface area contributed by atoms with Gasteiger partial charge in [-0.2, -0.15) is 0 Å². The molecule has 3 nitrogen and oxygen atoms in total. The lowest BCUT2D eigenvalue weighted by atomic mass is 9.49. The summed E-state index contributed by atoms with van der Waals surface area (Å²) in [5.74, 6) is 2.55. The van der Waals surface area contributed by atoms with Crippen LogP contribution in [-0.4, -0.2) is 16.6 Å². The Hall–Kier alpha value is -0.640. The molecule has 2 N–H and O–H groups in total. The van der Waals surface area contributed by atoms with Crippen molar-refractivity contribution in [2.24, 2.45) is 23.2 Å². The van der Waals surface area contributed by atoms with E-state index in [4.69, 9.17) is 12.2 Å². The van der Waals surface area contributed by atoms with Crippen LogP contribution in [0.4, 0.5) is 0 Å². The predicted octanol–water partition coefficient (Wildman–Crippen LogP) is 3.38. The number of carbonyl (C=O) groups excluding carboxylic acids is 1. The number of hydrogen-bond donors (Lipinski definition) is 2. The van der Waals surface area contributed by atoms with Crippen LogP contribution in [0.3, 0.4) is 0 Å². The molecule has 4 heteroatoms. The van der Waals surface area contributed by atoms with Crippen LogP contribution in [0.15, 0.2) is 0 Å². The molecule has 21 heavy (non-hydrogen) atoms. The second-order valence-corrected chi connectivity index (χ2v) is 8.75. The monoisotopic (exact) mass is 308 g/mol. The number of thiocarbonyl (C=S) groups is 1. The third-order valence-electron chi connectivity index (χ3n) is 6.08. The van der Waals surface area contributed by atoms with Gasteiger partial charge >= 0.3 is 0 Å². The van der Waals surface area contributed by atoms with E-state index in [1.54, 1.807) is 0 Å². The maximum Gasteiger partial charge on any atom is 0.232 e. The summed E-state index contributed by atoms with van der Waals surface area (Å²) in [6.07, 6.45) is 8.31. The van der Waals surface area contributed by atoms with Crippen LogP contribution in [0.2, 0.25) is 0 Å². The molecule has 0 aromatic carbocycles. The number of rotatable bonds is 3. The van der Waals surface area contributed by atoms with Crippen LogP contribution in [0.5, 0.6) is 0 Å². The fraction of sp³-hybridized carbons (Fsp3) is 0.882. The highest BCUT2D eigenvalue weighted by Gasteiger charge is 2.54. The fourth-order valence-corrected chi connectivity index (χ4v) is 5.42. The first kappa shape index (κ1) is 15.3. The van der Waals surface area contributed by atoms with Crippen molar-refractivity contribution in [2.45, 2.75) is 71.3 Å². The largest absolute Gasteiger partial charge is 0.358 e. The molecule has 0 aromatic rings. The first-order valence-electron chi connectivity index (χ1n) is 8.45. The molecule has 0 heterocycles. The standard InChI is InChI=1S/C17H28N2OS/c1-4-16(2,3)19-15(21)18-14(20)17-8-11-5-12(9-17)7-13(6-11)10-17/h11-13H,4-10H2,1-3H3,(H2,18,19,20,21). The van der Waals surface area contributed by atoms with Gasteiger partial charge in [-0.25, -0.2) is 0 Å². The van der Waals surface area contributed by atoms with Crippen molar-refractivity contribution in [1.82, 2.24) is 10.6 Å². The molecule has 0 atom stereocenters. The maximum atomic E-state index is 12.8. The van der Waals surface area contributed by atoms with Crippen molar-refractivity contribution in [1.29, 1.82) is 0 Å². The molecule has 4 aliphatic rings. The van der Waals surface area contributed by atoms with Gasteiger partial charge in [-0.05, 0) is 88.8 Å². The van der Waals surface area contributed by atoms with E-state index < -0.39 is 0 Å². The van der Waals surface area contributed by atoms with Crippen molar-refractivity contribution < 1.29 is 4.79 Å². The van der Waals surface area contributed by atoms with Gasteiger partial charge in [-0.15, -0.1) is 0 Å². The summed E-state index contributed by atoms with van der Waals surface area (Å²) in [5, 5.41) is 6.78. The van der Waals surface area contributed by atoms with Crippen molar-refractivity contribution in [3.8, 4) is 0 Å². The summed E-state index contributed by atoms with van der Waals surface area (Å²) in [4.78, 5) is 12.8. The summed E-state index contributed by atoms with van der Waals surface area (Å²) in [5.41, 5.74) is -0.178. The molecule has 0 aromatic heterocycles. The van der Waals surface area contributed by atoms with Gasteiger partial charge in [0.2, 0.25) is 5.91 Å². The number of amides is 1. The van der Waals surface area contributed by atoms with Gasteiger partial charge in [0.25, 0.3) is 0 Å². The smallest absolute Gasteiger partial charge is 0.232 e. The summed E-state index contributed by atoms with van der Waals surface area (Å²) in [6.45, 7) is 6.34. The van der Waals surface area contributed by atoms with Gasteiger partial charge in [0.1, 0.15) is 0 Å². The molecule has 4 saturated carbocycles. The van der Waals surface area contributed by atoms with Crippen molar-refractivity contribution in [3.05, 3.63) is 0 Å². The summed E-state index contributed by atoms with van der Waals surface area (Å²) < 4.78 is 0. The summed E-state index contributed by atoms with van der Waals surface area (Å²) in [6, 6.07) is 0. The van der Waals surface area contributed by atoms with Gasteiger partial charge < -0.3 is 10.6 Å². The third kappa shape index (κ3) is 2.96. The molecule has 4 aliphatic carbocycles. The molecular formula is C17H28N2OS. The molecule has 118 valence electrons. The molecule has 0 radical (unpaired) electrons. The number of hydrogen-bond acceptors (Lipinski definition) is 2. The number of nitrogens with one attached hydrogen (secondary N) is 2. The minimum Gasteiger partial charge on any atom is -0.358 e. The third-order valence-corrected chi connectivity index (χ3v) is 6.29. The topological polar surface area (TPSA) is 41.1 Å². The van der Waals surface area contributed by atoms with E-state index in [-0.39, 0.29) is 16.9 Å². The lowest BCUT2D eigenvalue weighted by Gasteiger charge is -2.55. The molecule has 1 amide bonds. The summed E-state index contributed by atoms with van der Waals surface area (Å²) in [7, 11) is 0.